The fraction of sp³-hybridized carbons (Fsp3) is 0.895. The van der Waals surface area contributed by atoms with Crippen molar-refractivity contribution in [3.63, 3.8) is 0 Å². The third-order valence-electron chi connectivity index (χ3n) is 4.44. The zero-order chi connectivity index (χ0) is 18.0. The highest BCUT2D eigenvalue weighted by Crippen LogP contribution is 2.13. The zero-order valence-corrected chi connectivity index (χ0v) is 15.4. The van der Waals surface area contributed by atoms with Gasteiger partial charge in [0.1, 0.15) is 6.04 Å². The maximum atomic E-state index is 10.9. The molecule has 1 amide bonds. The van der Waals surface area contributed by atoms with Crippen LogP contribution in [0.3, 0.4) is 0 Å². The summed E-state index contributed by atoms with van der Waals surface area (Å²) in [6.45, 7) is 2.25. The van der Waals surface area contributed by atoms with Gasteiger partial charge in [0.05, 0.1) is 0 Å². The Morgan fingerprint density at radius 2 is 1.08 bits per heavy atom. The lowest BCUT2D eigenvalue weighted by atomic mass is 10.0. The second-order valence-electron chi connectivity index (χ2n) is 6.73. The summed E-state index contributed by atoms with van der Waals surface area (Å²) in [7, 11) is 0. The molecule has 1 unspecified atom stereocenters. The summed E-state index contributed by atoms with van der Waals surface area (Å²) in [5, 5.41) is 19.5. The molecular formula is C19H37NO4. The number of carboxylic acids is 1. The molecule has 0 bridgehead atoms. The van der Waals surface area contributed by atoms with Crippen LogP contribution in [-0.2, 0) is 4.79 Å². The van der Waals surface area contributed by atoms with Crippen molar-refractivity contribution < 1.29 is 19.8 Å². The van der Waals surface area contributed by atoms with Crippen LogP contribution >= 0.6 is 0 Å². The van der Waals surface area contributed by atoms with Crippen molar-refractivity contribution in [1.82, 2.24) is 5.32 Å². The number of amides is 1. The van der Waals surface area contributed by atoms with E-state index in [1.165, 1.54) is 70.6 Å². The smallest absolute Gasteiger partial charge is 0.405 e. The van der Waals surface area contributed by atoms with Crippen LogP contribution in [0.2, 0.25) is 0 Å². The van der Waals surface area contributed by atoms with Crippen LogP contribution < -0.4 is 5.32 Å². The largest absolute Gasteiger partial charge is 0.480 e. The number of carboxylic acid groups (broad SMARTS) is 2. The maximum Gasteiger partial charge on any atom is 0.405 e. The van der Waals surface area contributed by atoms with Crippen molar-refractivity contribution in [1.29, 1.82) is 0 Å². The second-order valence-corrected chi connectivity index (χ2v) is 6.73. The van der Waals surface area contributed by atoms with E-state index in [2.05, 4.69) is 6.92 Å². The molecule has 0 aromatic heterocycles. The van der Waals surface area contributed by atoms with E-state index in [4.69, 9.17) is 10.2 Å². The summed E-state index contributed by atoms with van der Waals surface area (Å²) in [6.07, 6.45) is 16.6. The van der Waals surface area contributed by atoms with Crippen LogP contribution in [-0.4, -0.2) is 28.3 Å². The molecule has 0 aliphatic rings. The van der Waals surface area contributed by atoms with Gasteiger partial charge in [0.25, 0.3) is 0 Å². The van der Waals surface area contributed by atoms with Crippen molar-refractivity contribution in [2.24, 2.45) is 0 Å². The molecule has 5 nitrogen and oxygen atoms in total. The predicted molar refractivity (Wildman–Crippen MR) is 97.5 cm³/mol. The molecule has 24 heavy (non-hydrogen) atoms. The van der Waals surface area contributed by atoms with E-state index in [0.717, 1.165) is 19.3 Å². The van der Waals surface area contributed by atoms with Gasteiger partial charge in [-0.3, -0.25) is 0 Å². The first-order valence-corrected chi connectivity index (χ1v) is 9.80. The Kier molecular flexibility index (Phi) is 15.7. The summed E-state index contributed by atoms with van der Waals surface area (Å²) < 4.78 is 0. The van der Waals surface area contributed by atoms with Gasteiger partial charge in [0.2, 0.25) is 0 Å². The third-order valence-corrected chi connectivity index (χ3v) is 4.44. The Hall–Kier alpha value is -1.26. The van der Waals surface area contributed by atoms with Gasteiger partial charge >= 0.3 is 12.1 Å². The Labute approximate surface area is 147 Å². The minimum absolute atomic E-state index is 0.375. The van der Waals surface area contributed by atoms with E-state index in [-0.39, 0.29) is 0 Å². The van der Waals surface area contributed by atoms with Crippen LogP contribution in [0.4, 0.5) is 4.79 Å². The molecule has 3 N–H and O–H groups in total. The first-order chi connectivity index (χ1) is 11.6. The molecule has 0 aliphatic heterocycles. The highest BCUT2D eigenvalue weighted by Gasteiger charge is 2.18. The predicted octanol–water partition coefficient (Wildman–Crippen LogP) is 5.58. The molecular weight excluding hydrogens is 306 g/mol. The van der Waals surface area contributed by atoms with E-state index < -0.39 is 18.1 Å². The molecule has 0 rings (SSSR count). The molecule has 5 heteroatoms. The number of rotatable bonds is 17. The van der Waals surface area contributed by atoms with Crippen molar-refractivity contribution in [3.8, 4) is 0 Å². The molecule has 0 spiro atoms. The molecule has 1 atom stereocenters. The molecule has 0 heterocycles. The van der Waals surface area contributed by atoms with E-state index >= 15 is 0 Å². The first-order valence-electron chi connectivity index (χ1n) is 9.80. The minimum atomic E-state index is -1.27. The van der Waals surface area contributed by atoms with Crippen LogP contribution in [0.1, 0.15) is 103 Å². The van der Waals surface area contributed by atoms with Crippen molar-refractivity contribution >= 4 is 12.1 Å². The van der Waals surface area contributed by atoms with Gasteiger partial charge in [-0.2, -0.15) is 0 Å². The first kappa shape index (κ1) is 22.7. The molecule has 0 radical (unpaired) electrons. The summed E-state index contributed by atoms with van der Waals surface area (Å²) in [4.78, 5) is 21.4. The fourth-order valence-electron chi connectivity index (χ4n) is 2.95. The van der Waals surface area contributed by atoms with Crippen LogP contribution in [0.5, 0.6) is 0 Å². The average molecular weight is 344 g/mol. The molecule has 0 fully saturated rings. The van der Waals surface area contributed by atoms with Gasteiger partial charge in [-0.15, -0.1) is 0 Å². The zero-order valence-electron chi connectivity index (χ0n) is 15.4. The number of aliphatic carboxylic acids is 1. The lowest BCUT2D eigenvalue weighted by molar-refractivity contribution is -0.139. The van der Waals surface area contributed by atoms with Crippen molar-refractivity contribution in [2.45, 2.75) is 109 Å². The van der Waals surface area contributed by atoms with Crippen LogP contribution in [0.25, 0.3) is 0 Å². The summed E-state index contributed by atoms with van der Waals surface area (Å²) >= 11 is 0. The fourth-order valence-corrected chi connectivity index (χ4v) is 2.95. The summed E-state index contributed by atoms with van der Waals surface area (Å²) in [5.74, 6) is -1.09. The van der Waals surface area contributed by atoms with Crippen LogP contribution in [0.15, 0.2) is 0 Å². The van der Waals surface area contributed by atoms with Gasteiger partial charge in [0, 0.05) is 0 Å². The molecule has 142 valence electrons. The van der Waals surface area contributed by atoms with Gasteiger partial charge in [0.15, 0.2) is 0 Å². The Morgan fingerprint density at radius 3 is 1.42 bits per heavy atom. The monoisotopic (exact) mass is 343 g/mol. The molecule has 0 aromatic carbocycles. The quantitative estimate of drug-likeness (QED) is 0.301. The molecule has 0 saturated heterocycles. The van der Waals surface area contributed by atoms with Crippen molar-refractivity contribution in [2.75, 3.05) is 0 Å². The second kappa shape index (κ2) is 16.6. The van der Waals surface area contributed by atoms with Gasteiger partial charge in [-0.05, 0) is 6.42 Å². The normalized spacial score (nSPS) is 12.0. The Balaban J connectivity index is 3.30. The van der Waals surface area contributed by atoms with Gasteiger partial charge in [-0.1, -0.05) is 96.8 Å². The lowest BCUT2D eigenvalue weighted by Gasteiger charge is -2.11. The number of unbranched alkanes of at least 4 members (excludes halogenated alkanes) is 13. The van der Waals surface area contributed by atoms with E-state index in [9.17, 15) is 9.59 Å². The number of hydrogen-bond acceptors (Lipinski definition) is 2. The minimum Gasteiger partial charge on any atom is -0.480 e. The van der Waals surface area contributed by atoms with Crippen LogP contribution in [0, 0.1) is 0 Å². The molecule has 0 saturated carbocycles. The highest BCUT2D eigenvalue weighted by molar-refractivity contribution is 5.78. The van der Waals surface area contributed by atoms with E-state index in [1.54, 1.807) is 0 Å². The Bertz CT molecular complexity index is 320. The number of carbonyl (C=O) groups is 2. The molecule has 0 aliphatic carbocycles. The van der Waals surface area contributed by atoms with E-state index in [1.807, 2.05) is 5.32 Å². The average Bonchev–Trinajstić information content (AvgIpc) is 2.53. The number of hydrogen-bond donors (Lipinski definition) is 3. The Morgan fingerprint density at radius 1 is 0.708 bits per heavy atom. The summed E-state index contributed by atoms with van der Waals surface area (Å²) in [6, 6.07) is -0.972. The summed E-state index contributed by atoms with van der Waals surface area (Å²) in [5.41, 5.74) is 0. The number of nitrogens with one attached hydrogen (secondary N) is 1. The third kappa shape index (κ3) is 15.6. The lowest BCUT2D eigenvalue weighted by Crippen LogP contribution is -2.39. The topological polar surface area (TPSA) is 86.6 Å². The standard InChI is InChI=1S/C19H37NO4/c1-2-3-4-5-6-7-8-9-10-11-12-13-14-15-16-17(18(21)22)20-19(23)24/h17,20H,2-16H2,1H3,(H,21,22)(H,23,24). The SMILES string of the molecule is CCCCCCCCCCCCCCCCC(NC(=O)O)C(=O)O. The maximum absolute atomic E-state index is 10.9. The van der Waals surface area contributed by atoms with Gasteiger partial charge < -0.3 is 15.5 Å². The highest BCUT2D eigenvalue weighted by atomic mass is 16.4. The van der Waals surface area contributed by atoms with E-state index in [0.29, 0.717) is 6.42 Å². The molecule has 0 aromatic rings. The van der Waals surface area contributed by atoms with Gasteiger partial charge in [-0.25, -0.2) is 9.59 Å². The van der Waals surface area contributed by atoms with Crippen molar-refractivity contribution in [3.05, 3.63) is 0 Å².